The first-order valence-electron chi connectivity index (χ1n) is 1.40. The number of carbonyl (C=O) groups excluding carboxylic acids is 1. The molecule has 0 unspecified atom stereocenters. The average molecular weight is 71.1 g/mol. The second kappa shape index (κ2) is 1.70. The Bertz CT molecular complexity index is 54.7. The Morgan fingerprint density at radius 1 is 2.00 bits per heavy atom. The summed E-state index contributed by atoms with van der Waals surface area (Å²) < 4.78 is 0. The standard InChI is InChI=1S/C4H6O/c1-3-4(2)5/h3H,1H2,2H3/i5+1. The summed E-state index contributed by atoms with van der Waals surface area (Å²) in [6.45, 7) is 4.68. The van der Waals surface area contributed by atoms with Gasteiger partial charge in [-0.05, 0) is 13.0 Å². The van der Waals surface area contributed by atoms with Gasteiger partial charge in [0.2, 0.25) is 0 Å². The molecular formula is C4H6O. The van der Waals surface area contributed by atoms with Gasteiger partial charge in [-0.2, -0.15) is 0 Å². The van der Waals surface area contributed by atoms with Crippen molar-refractivity contribution in [3.05, 3.63) is 12.7 Å². The van der Waals surface area contributed by atoms with E-state index in [1.165, 1.54) is 13.0 Å². The van der Waals surface area contributed by atoms with Crippen LogP contribution in [0.1, 0.15) is 6.92 Å². The van der Waals surface area contributed by atoms with Crippen molar-refractivity contribution in [1.29, 1.82) is 0 Å². The molecule has 0 aliphatic heterocycles. The van der Waals surface area contributed by atoms with Crippen LogP contribution in [0, 0.1) is 0 Å². The molecule has 0 rings (SSSR count). The second-order valence-corrected chi connectivity index (χ2v) is 0.815. The van der Waals surface area contributed by atoms with Gasteiger partial charge in [0.15, 0.2) is 5.78 Å². The molecule has 0 saturated carbocycles. The Morgan fingerprint density at radius 3 is 2.20 bits per heavy atom. The maximum Gasteiger partial charge on any atom is 0.152 e. The zero-order valence-corrected chi connectivity index (χ0v) is 3.19. The lowest BCUT2D eigenvalue weighted by molar-refractivity contribution is -0.112. The number of carbonyl (C=O) groups is 1. The van der Waals surface area contributed by atoms with Crippen LogP contribution in [0.5, 0.6) is 0 Å². The molecule has 0 bridgehead atoms. The average Bonchev–Trinajstić information content (AvgIpc) is 1.38. The first-order valence-corrected chi connectivity index (χ1v) is 1.40. The van der Waals surface area contributed by atoms with E-state index in [9.17, 15) is 4.79 Å². The van der Waals surface area contributed by atoms with E-state index in [1.807, 2.05) is 0 Å². The molecule has 0 heterocycles. The predicted molar refractivity (Wildman–Crippen MR) is 20.9 cm³/mol. The van der Waals surface area contributed by atoms with Crippen molar-refractivity contribution < 1.29 is 4.79 Å². The number of allylic oxidation sites excluding steroid dienone is 1. The zero-order valence-electron chi connectivity index (χ0n) is 3.19. The topological polar surface area (TPSA) is 17.1 Å². The van der Waals surface area contributed by atoms with Gasteiger partial charge in [-0.1, -0.05) is 6.58 Å². The molecule has 5 heavy (non-hydrogen) atoms. The van der Waals surface area contributed by atoms with Crippen LogP contribution < -0.4 is 0 Å². The molecule has 0 saturated heterocycles. The molecule has 0 N–H and O–H groups in total. The molecule has 1 nitrogen and oxygen atoms in total. The monoisotopic (exact) mass is 71.0 g/mol. The minimum absolute atomic E-state index is 0.0185. The largest absolute Gasteiger partial charge is 0.295 e. The van der Waals surface area contributed by atoms with Gasteiger partial charge in [-0.15, -0.1) is 0 Å². The van der Waals surface area contributed by atoms with E-state index in [0.29, 0.717) is 0 Å². The van der Waals surface area contributed by atoms with Crippen LogP contribution in [0.2, 0.25) is 0 Å². The summed E-state index contributed by atoms with van der Waals surface area (Å²) in [5, 5.41) is 0. The lowest BCUT2D eigenvalue weighted by Crippen LogP contribution is -1.74. The Balaban J connectivity index is 3.20. The Morgan fingerprint density at radius 2 is 2.20 bits per heavy atom. The van der Waals surface area contributed by atoms with Crippen LogP contribution in [0.25, 0.3) is 0 Å². The fourth-order valence-corrected chi connectivity index (χ4v) is 0. The van der Waals surface area contributed by atoms with E-state index in [1.54, 1.807) is 0 Å². The molecule has 0 aromatic carbocycles. The summed E-state index contributed by atoms with van der Waals surface area (Å²) in [4.78, 5) is 9.69. The van der Waals surface area contributed by atoms with Crippen molar-refractivity contribution in [2.24, 2.45) is 0 Å². The summed E-state index contributed by atoms with van der Waals surface area (Å²) in [5.74, 6) is 0.0185. The molecule has 0 aromatic rings. The van der Waals surface area contributed by atoms with Gasteiger partial charge in [-0.25, -0.2) is 0 Å². The minimum atomic E-state index is 0.0185. The number of hydrogen-bond acceptors (Lipinski definition) is 1. The molecule has 28 valence electrons. The van der Waals surface area contributed by atoms with Gasteiger partial charge in [0.05, 0.1) is 0 Å². The number of hydrogen-bond donors (Lipinski definition) is 0. The number of rotatable bonds is 1. The maximum atomic E-state index is 9.69. The van der Waals surface area contributed by atoms with Crippen molar-refractivity contribution in [1.82, 2.24) is 0 Å². The zero-order chi connectivity index (χ0) is 4.28. The van der Waals surface area contributed by atoms with Gasteiger partial charge in [0.1, 0.15) is 0 Å². The van der Waals surface area contributed by atoms with Crippen LogP contribution in [0.3, 0.4) is 0 Å². The van der Waals surface area contributed by atoms with Crippen molar-refractivity contribution in [3.63, 3.8) is 0 Å². The molecule has 0 aliphatic rings. The summed E-state index contributed by atoms with van der Waals surface area (Å²) in [6, 6.07) is 0. The van der Waals surface area contributed by atoms with Crippen molar-refractivity contribution in [2.45, 2.75) is 6.92 Å². The molecule has 0 aromatic heterocycles. The normalized spacial score (nSPS) is 6.60. The van der Waals surface area contributed by atoms with Crippen LogP contribution >= 0.6 is 0 Å². The Kier molecular flexibility index (Phi) is 1.50. The fraction of sp³-hybridized carbons (Fsp3) is 0.250. The van der Waals surface area contributed by atoms with Crippen LogP contribution in [-0.2, 0) is 4.79 Å². The van der Waals surface area contributed by atoms with Gasteiger partial charge in [-0.3, -0.25) is 4.79 Å². The van der Waals surface area contributed by atoms with E-state index in [0.717, 1.165) is 0 Å². The predicted octanol–water partition coefficient (Wildman–Crippen LogP) is 0.761. The summed E-state index contributed by atoms with van der Waals surface area (Å²) in [7, 11) is 0. The molecule has 0 radical (unpaired) electrons. The lowest BCUT2D eigenvalue weighted by atomic mass is 10.5. The molecule has 0 spiro atoms. The highest BCUT2D eigenvalue weighted by Gasteiger charge is 1.69. The smallest absolute Gasteiger partial charge is 0.152 e. The molecule has 0 aliphatic carbocycles. The van der Waals surface area contributed by atoms with Gasteiger partial charge in [0, 0.05) is 0 Å². The molecule has 1 heteroatoms. The SMILES string of the molecule is C=CC(C)=[17O]. The quantitative estimate of drug-likeness (QED) is 0.417. The summed E-state index contributed by atoms with van der Waals surface area (Å²) in [6.07, 6.45) is 1.28. The summed E-state index contributed by atoms with van der Waals surface area (Å²) >= 11 is 0. The molecule has 0 fully saturated rings. The van der Waals surface area contributed by atoms with Crippen molar-refractivity contribution in [3.8, 4) is 0 Å². The van der Waals surface area contributed by atoms with Crippen molar-refractivity contribution >= 4 is 5.78 Å². The highest BCUT2D eigenvalue weighted by Crippen LogP contribution is 1.60. The third kappa shape index (κ3) is 3.41. The van der Waals surface area contributed by atoms with E-state index >= 15 is 0 Å². The van der Waals surface area contributed by atoms with E-state index < -0.39 is 0 Å². The minimum Gasteiger partial charge on any atom is -0.295 e. The second-order valence-electron chi connectivity index (χ2n) is 0.815. The first-order chi connectivity index (χ1) is 2.27. The molecule has 0 amide bonds. The van der Waals surface area contributed by atoms with Gasteiger partial charge < -0.3 is 0 Å². The Hall–Kier alpha value is -0.590. The molecule has 0 atom stereocenters. The van der Waals surface area contributed by atoms with Gasteiger partial charge >= 0.3 is 0 Å². The van der Waals surface area contributed by atoms with Gasteiger partial charge in [0.25, 0.3) is 0 Å². The highest BCUT2D eigenvalue weighted by molar-refractivity contribution is 5.86. The number of ketones is 1. The third-order valence-corrected chi connectivity index (χ3v) is 0.287. The van der Waals surface area contributed by atoms with Crippen LogP contribution in [-0.4, -0.2) is 5.78 Å². The van der Waals surface area contributed by atoms with E-state index in [-0.39, 0.29) is 5.78 Å². The Labute approximate surface area is 31.3 Å². The third-order valence-electron chi connectivity index (χ3n) is 0.287. The van der Waals surface area contributed by atoms with E-state index in [2.05, 4.69) is 6.58 Å². The highest BCUT2D eigenvalue weighted by atomic mass is 17.1. The first kappa shape index (κ1) is 4.41. The van der Waals surface area contributed by atoms with E-state index in [4.69, 9.17) is 0 Å². The van der Waals surface area contributed by atoms with Crippen LogP contribution in [0.4, 0.5) is 0 Å². The van der Waals surface area contributed by atoms with Crippen molar-refractivity contribution in [2.75, 3.05) is 0 Å². The lowest BCUT2D eigenvalue weighted by Gasteiger charge is -1.62. The molecular weight excluding hydrogens is 65.0 g/mol. The fourth-order valence-electron chi connectivity index (χ4n) is 0. The summed E-state index contributed by atoms with van der Waals surface area (Å²) in [5.41, 5.74) is 0. The maximum absolute atomic E-state index is 9.69. The van der Waals surface area contributed by atoms with Crippen LogP contribution in [0.15, 0.2) is 12.7 Å².